The van der Waals surface area contributed by atoms with E-state index in [4.69, 9.17) is 5.73 Å². The smallest absolute Gasteiger partial charge is 0.246 e. The van der Waals surface area contributed by atoms with Gasteiger partial charge < -0.3 is 10.6 Å². The van der Waals surface area contributed by atoms with Crippen molar-refractivity contribution in [3.8, 4) is 0 Å². The van der Waals surface area contributed by atoms with Crippen LogP contribution in [-0.4, -0.2) is 38.7 Å². The number of benzene rings is 1. The normalized spacial score (nSPS) is 20.3. The first-order chi connectivity index (χ1) is 11.9. The van der Waals surface area contributed by atoms with Crippen LogP contribution in [0.5, 0.6) is 0 Å². The molecule has 1 saturated heterocycles. The summed E-state index contributed by atoms with van der Waals surface area (Å²) < 4.78 is 1.95. The summed E-state index contributed by atoms with van der Waals surface area (Å²) in [6.45, 7) is 7.96. The summed E-state index contributed by atoms with van der Waals surface area (Å²) in [6.07, 6.45) is 2.09. The van der Waals surface area contributed by atoms with E-state index in [1.165, 1.54) is 0 Å². The van der Waals surface area contributed by atoms with E-state index in [1.807, 2.05) is 53.8 Å². The lowest BCUT2D eigenvalue weighted by Crippen LogP contribution is -2.53. The summed E-state index contributed by atoms with van der Waals surface area (Å²) in [4.78, 5) is 19.3. The van der Waals surface area contributed by atoms with Crippen molar-refractivity contribution in [3.63, 3.8) is 0 Å². The van der Waals surface area contributed by atoms with Gasteiger partial charge in [0.05, 0.1) is 0 Å². The predicted octanol–water partition coefficient (Wildman–Crippen LogP) is 2.01. The average molecular weight is 341 g/mol. The molecule has 1 amide bonds. The maximum atomic E-state index is 13.1. The number of amides is 1. The number of nitrogens with zero attached hydrogens (tertiary/aromatic N) is 4. The zero-order valence-corrected chi connectivity index (χ0v) is 15.3. The molecule has 2 unspecified atom stereocenters. The highest BCUT2D eigenvalue weighted by Gasteiger charge is 2.36. The second-order valence-corrected chi connectivity index (χ2v) is 7.22. The van der Waals surface area contributed by atoms with Gasteiger partial charge >= 0.3 is 0 Å². The van der Waals surface area contributed by atoms with Crippen LogP contribution in [0.4, 0.5) is 0 Å². The lowest BCUT2D eigenvalue weighted by Gasteiger charge is -2.37. The van der Waals surface area contributed by atoms with Gasteiger partial charge in [-0.25, -0.2) is 9.67 Å². The van der Waals surface area contributed by atoms with Crippen LogP contribution in [-0.2, 0) is 16.9 Å². The van der Waals surface area contributed by atoms with Crippen molar-refractivity contribution in [1.82, 2.24) is 19.7 Å². The van der Waals surface area contributed by atoms with Crippen molar-refractivity contribution in [2.24, 2.45) is 11.7 Å². The molecule has 6 heteroatoms. The molecule has 25 heavy (non-hydrogen) atoms. The number of nitrogens with two attached hydrogens (primary N) is 1. The Morgan fingerprint density at radius 2 is 2.04 bits per heavy atom. The van der Waals surface area contributed by atoms with Crippen LogP contribution < -0.4 is 5.73 Å². The van der Waals surface area contributed by atoms with Crippen LogP contribution in [0.2, 0.25) is 0 Å². The quantitative estimate of drug-likeness (QED) is 0.923. The number of hydrogen-bond donors (Lipinski definition) is 1. The SMILES string of the molecule is Cc1nc(C)n(CC2CCCN(C(=O)C(C)(N)c3ccccc3)C2)n1. The molecular weight excluding hydrogens is 314 g/mol. The van der Waals surface area contributed by atoms with E-state index in [9.17, 15) is 4.79 Å². The molecule has 2 atom stereocenters. The summed E-state index contributed by atoms with van der Waals surface area (Å²) in [5.74, 6) is 2.09. The summed E-state index contributed by atoms with van der Waals surface area (Å²) >= 11 is 0. The number of carbonyl (C=O) groups is 1. The van der Waals surface area contributed by atoms with Crippen LogP contribution >= 0.6 is 0 Å². The molecule has 6 nitrogen and oxygen atoms in total. The molecule has 0 bridgehead atoms. The molecule has 1 aliphatic heterocycles. The van der Waals surface area contributed by atoms with Crippen LogP contribution in [0.1, 0.15) is 37.0 Å². The van der Waals surface area contributed by atoms with Gasteiger partial charge in [0.15, 0.2) is 0 Å². The Morgan fingerprint density at radius 3 is 2.68 bits per heavy atom. The van der Waals surface area contributed by atoms with Crippen LogP contribution in [0.25, 0.3) is 0 Å². The van der Waals surface area contributed by atoms with Crippen molar-refractivity contribution in [3.05, 3.63) is 47.5 Å². The Bertz CT molecular complexity index is 738. The Balaban J connectivity index is 1.70. The minimum atomic E-state index is -0.997. The molecule has 134 valence electrons. The van der Waals surface area contributed by atoms with Crippen molar-refractivity contribution in [2.45, 2.75) is 45.7 Å². The lowest BCUT2D eigenvalue weighted by atomic mass is 9.89. The van der Waals surface area contributed by atoms with Crippen molar-refractivity contribution >= 4 is 5.91 Å². The van der Waals surface area contributed by atoms with Gasteiger partial charge in [-0.2, -0.15) is 5.10 Å². The van der Waals surface area contributed by atoms with Gasteiger partial charge in [-0.05, 0) is 45.1 Å². The van der Waals surface area contributed by atoms with Gasteiger partial charge in [-0.1, -0.05) is 30.3 Å². The molecular formula is C19H27N5O. The third-order valence-electron chi connectivity index (χ3n) is 5.02. The number of hydrogen-bond acceptors (Lipinski definition) is 4. The molecule has 2 heterocycles. The zero-order chi connectivity index (χ0) is 18.0. The molecule has 2 N–H and O–H groups in total. The van der Waals surface area contributed by atoms with Crippen molar-refractivity contribution < 1.29 is 4.79 Å². The van der Waals surface area contributed by atoms with E-state index in [0.29, 0.717) is 5.92 Å². The standard InChI is InChI=1S/C19H27N5O/c1-14-21-15(2)24(22-14)13-16-8-7-11-23(12-16)18(25)19(3,20)17-9-5-4-6-10-17/h4-6,9-10,16H,7-8,11-13,20H2,1-3H3. The highest BCUT2D eigenvalue weighted by Crippen LogP contribution is 2.25. The Morgan fingerprint density at radius 1 is 1.32 bits per heavy atom. The molecule has 0 saturated carbocycles. The monoisotopic (exact) mass is 341 g/mol. The molecule has 1 aromatic heterocycles. The summed E-state index contributed by atoms with van der Waals surface area (Å²) in [7, 11) is 0. The highest BCUT2D eigenvalue weighted by atomic mass is 16.2. The average Bonchev–Trinajstić information content (AvgIpc) is 2.92. The van der Waals surface area contributed by atoms with Crippen LogP contribution in [0, 0.1) is 19.8 Å². The first-order valence-electron chi connectivity index (χ1n) is 8.89. The molecule has 1 aromatic carbocycles. The number of aromatic nitrogens is 3. The van der Waals surface area contributed by atoms with Crippen LogP contribution in [0.15, 0.2) is 30.3 Å². The number of piperidine rings is 1. The fourth-order valence-corrected chi connectivity index (χ4v) is 3.61. The van der Waals surface area contributed by atoms with Gasteiger partial charge in [-0.15, -0.1) is 0 Å². The summed E-state index contributed by atoms with van der Waals surface area (Å²) in [5, 5.41) is 4.45. The maximum Gasteiger partial charge on any atom is 0.246 e. The van der Waals surface area contributed by atoms with Gasteiger partial charge in [0.2, 0.25) is 5.91 Å². The molecule has 1 fully saturated rings. The Hall–Kier alpha value is -2.21. The largest absolute Gasteiger partial charge is 0.340 e. The van der Waals surface area contributed by atoms with Gasteiger partial charge in [0.25, 0.3) is 0 Å². The van der Waals surface area contributed by atoms with Gasteiger partial charge in [0.1, 0.15) is 17.2 Å². The summed E-state index contributed by atoms with van der Waals surface area (Å²) in [5.41, 5.74) is 6.27. The zero-order valence-electron chi connectivity index (χ0n) is 15.3. The fourth-order valence-electron chi connectivity index (χ4n) is 3.61. The second-order valence-electron chi connectivity index (χ2n) is 7.22. The van der Waals surface area contributed by atoms with E-state index >= 15 is 0 Å². The first kappa shape index (κ1) is 17.6. The third kappa shape index (κ3) is 3.74. The minimum absolute atomic E-state index is 0.00473. The minimum Gasteiger partial charge on any atom is -0.340 e. The van der Waals surface area contributed by atoms with E-state index in [2.05, 4.69) is 10.1 Å². The molecule has 0 aliphatic carbocycles. The van der Waals surface area contributed by atoms with Crippen LogP contribution in [0.3, 0.4) is 0 Å². The first-order valence-corrected chi connectivity index (χ1v) is 8.89. The molecule has 1 aliphatic rings. The number of likely N-dealkylation sites (tertiary alicyclic amines) is 1. The number of rotatable bonds is 4. The lowest BCUT2D eigenvalue weighted by molar-refractivity contribution is -0.138. The van der Waals surface area contributed by atoms with E-state index in [1.54, 1.807) is 6.92 Å². The van der Waals surface area contributed by atoms with Crippen molar-refractivity contribution in [1.29, 1.82) is 0 Å². The van der Waals surface area contributed by atoms with E-state index in [-0.39, 0.29) is 5.91 Å². The maximum absolute atomic E-state index is 13.1. The summed E-state index contributed by atoms with van der Waals surface area (Å²) in [6, 6.07) is 9.61. The number of carbonyl (C=O) groups excluding carboxylic acids is 1. The van der Waals surface area contributed by atoms with E-state index in [0.717, 1.165) is 49.7 Å². The third-order valence-corrected chi connectivity index (χ3v) is 5.02. The molecule has 3 rings (SSSR count). The molecule has 2 aromatic rings. The predicted molar refractivity (Wildman–Crippen MR) is 96.8 cm³/mol. The highest BCUT2D eigenvalue weighted by molar-refractivity contribution is 5.87. The fraction of sp³-hybridized carbons (Fsp3) is 0.526. The Kier molecular flexibility index (Phi) is 4.90. The topological polar surface area (TPSA) is 77.0 Å². The molecule has 0 radical (unpaired) electrons. The van der Waals surface area contributed by atoms with E-state index < -0.39 is 5.54 Å². The van der Waals surface area contributed by atoms with Gasteiger partial charge in [0, 0.05) is 19.6 Å². The van der Waals surface area contributed by atoms with Crippen molar-refractivity contribution in [2.75, 3.05) is 13.1 Å². The Labute approximate surface area is 149 Å². The second kappa shape index (κ2) is 6.96. The number of aryl methyl sites for hydroxylation is 2. The molecule has 0 spiro atoms. The van der Waals surface area contributed by atoms with Gasteiger partial charge in [-0.3, -0.25) is 4.79 Å².